The molecule has 0 unspecified atom stereocenters. The lowest BCUT2D eigenvalue weighted by Crippen LogP contribution is -2.34. The third-order valence-corrected chi connectivity index (χ3v) is 7.07. The Labute approximate surface area is 185 Å². The predicted molar refractivity (Wildman–Crippen MR) is 120 cm³/mol. The van der Waals surface area contributed by atoms with Gasteiger partial charge in [0.15, 0.2) is 11.6 Å². The molecule has 2 aromatic carbocycles. The number of Topliss-reactive ketones (excluding diaryl/α,β-unsaturated/α-hetero) is 1. The largest absolute Gasteiger partial charge is 0.497 e. The molecule has 1 aliphatic rings. The number of hydrogen-bond donors (Lipinski definition) is 1. The SMILES string of the molecule is COc1ccc(-c2nc(SCC(=O)c3ccc4c(c3)CCCN4S(C)(=O)=O)n[nH]2)cc1. The van der Waals surface area contributed by atoms with Crippen LogP contribution in [-0.2, 0) is 16.4 Å². The van der Waals surface area contributed by atoms with E-state index in [0.717, 1.165) is 29.7 Å². The molecule has 8 nitrogen and oxygen atoms in total. The van der Waals surface area contributed by atoms with Crippen LogP contribution in [0.15, 0.2) is 47.6 Å². The van der Waals surface area contributed by atoms with Crippen molar-refractivity contribution in [3.05, 3.63) is 53.6 Å². The number of nitrogens with one attached hydrogen (secondary N) is 1. The smallest absolute Gasteiger partial charge is 0.232 e. The first-order chi connectivity index (χ1) is 14.8. The van der Waals surface area contributed by atoms with Gasteiger partial charge >= 0.3 is 0 Å². The Morgan fingerprint density at radius 1 is 1.23 bits per heavy atom. The van der Waals surface area contributed by atoms with Crippen LogP contribution >= 0.6 is 11.8 Å². The molecule has 2 heterocycles. The summed E-state index contributed by atoms with van der Waals surface area (Å²) in [5, 5.41) is 7.55. The number of H-pyrrole nitrogens is 1. The molecule has 3 aromatic rings. The molecule has 0 aliphatic carbocycles. The molecule has 162 valence electrons. The maximum atomic E-state index is 12.7. The van der Waals surface area contributed by atoms with E-state index in [4.69, 9.17) is 4.74 Å². The second kappa shape index (κ2) is 8.72. The summed E-state index contributed by atoms with van der Waals surface area (Å²) < 4.78 is 30.6. The minimum absolute atomic E-state index is 0.0555. The average molecular weight is 459 g/mol. The van der Waals surface area contributed by atoms with Crippen LogP contribution < -0.4 is 9.04 Å². The van der Waals surface area contributed by atoms with Crippen LogP contribution in [0.2, 0.25) is 0 Å². The number of rotatable bonds is 7. The third kappa shape index (κ3) is 4.75. The molecular weight excluding hydrogens is 436 g/mol. The minimum atomic E-state index is -3.33. The Hall–Kier alpha value is -2.85. The monoisotopic (exact) mass is 458 g/mol. The van der Waals surface area contributed by atoms with Gasteiger partial charge in [0.1, 0.15) is 5.75 Å². The van der Waals surface area contributed by atoms with E-state index < -0.39 is 10.0 Å². The van der Waals surface area contributed by atoms with Crippen molar-refractivity contribution < 1.29 is 17.9 Å². The molecule has 1 N–H and O–H groups in total. The second-order valence-corrected chi connectivity index (χ2v) is 10.0. The van der Waals surface area contributed by atoms with Crippen molar-refractivity contribution in [2.24, 2.45) is 0 Å². The van der Waals surface area contributed by atoms with Crippen LogP contribution in [-0.4, -0.2) is 55.0 Å². The zero-order valence-electron chi connectivity index (χ0n) is 17.2. The molecule has 0 spiro atoms. The summed E-state index contributed by atoms with van der Waals surface area (Å²) >= 11 is 1.25. The van der Waals surface area contributed by atoms with Gasteiger partial charge in [0.05, 0.1) is 24.8 Å². The van der Waals surface area contributed by atoms with Gasteiger partial charge in [-0.05, 0) is 60.9 Å². The number of hydrogen-bond acceptors (Lipinski definition) is 7. The van der Waals surface area contributed by atoms with E-state index in [1.807, 2.05) is 24.3 Å². The Morgan fingerprint density at radius 2 is 2.00 bits per heavy atom. The van der Waals surface area contributed by atoms with Crippen molar-refractivity contribution in [2.75, 3.05) is 30.0 Å². The summed E-state index contributed by atoms with van der Waals surface area (Å²) in [7, 11) is -1.72. The van der Waals surface area contributed by atoms with Gasteiger partial charge in [-0.1, -0.05) is 11.8 Å². The first kappa shape index (κ1) is 21.4. The summed E-state index contributed by atoms with van der Waals surface area (Å²) in [6.45, 7) is 0.469. The van der Waals surface area contributed by atoms with E-state index in [9.17, 15) is 13.2 Å². The van der Waals surface area contributed by atoms with Gasteiger partial charge < -0.3 is 4.74 Å². The van der Waals surface area contributed by atoms with Gasteiger partial charge in [0, 0.05) is 17.7 Å². The number of ketones is 1. The fraction of sp³-hybridized carbons (Fsp3) is 0.286. The van der Waals surface area contributed by atoms with E-state index in [1.165, 1.54) is 22.3 Å². The number of aromatic amines is 1. The highest BCUT2D eigenvalue weighted by Gasteiger charge is 2.24. The van der Waals surface area contributed by atoms with Gasteiger partial charge in [0.25, 0.3) is 0 Å². The van der Waals surface area contributed by atoms with Crippen LogP contribution in [0.4, 0.5) is 5.69 Å². The van der Waals surface area contributed by atoms with Crippen molar-refractivity contribution >= 4 is 33.3 Å². The number of nitrogens with zero attached hydrogens (tertiary/aromatic N) is 3. The zero-order chi connectivity index (χ0) is 22.0. The van der Waals surface area contributed by atoms with Gasteiger partial charge in [0.2, 0.25) is 15.2 Å². The number of methoxy groups -OCH3 is 1. The Kier molecular flexibility index (Phi) is 6.01. The predicted octanol–water partition coefficient (Wildman–Crippen LogP) is 3.17. The lowest BCUT2D eigenvalue weighted by molar-refractivity contribution is 0.102. The van der Waals surface area contributed by atoms with Crippen LogP contribution in [0.3, 0.4) is 0 Å². The van der Waals surface area contributed by atoms with E-state index >= 15 is 0 Å². The first-order valence-electron chi connectivity index (χ1n) is 9.68. The van der Waals surface area contributed by atoms with Gasteiger partial charge in [-0.2, -0.15) is 0 Å². The molecule has 4 rings (SSSR count). The highest BCUT2D eigenvalue weighted by Crippen LogP contribution is 2.30. The van der Waals surface area contributed by atoms with Crippen molar-refractivity contribution in [3.8, 4) is 17.1 Å². The normalized spacial score (nSPS) is 13.7. The molecule has 0 amide bonds. The summed E-state index contributed by atoms with van der Waals surface area (Å²) in [6.07, 6.45) is 2.69. The fourth-order valence-corrected chi connectivity index (χ4v) is 5.17. The third-order valence-electron chi connectivity index (χ3n) is 5.04. The van der Waals surface area contributed by atoms with Crippen molar-refractivity contribution in [2.45, 2.75) is 18.0 Å². The van der Waals surface area contributed by atoms with Crippen LogP contribution in [0, 0.1) is 0 Å². The number of aromatic nitrogens is 3. The minimum Gasteiger partial charge on any atom is -0.497 e. The molecule has 0 radical (unpaired) electrons. The summed E-state index contributed by atoms with van der Waals surface area (Å²) in [4.78, 5) is 17.1. The topological polar surface area (TPSA) is 105 Å². The first-order valence-corrected chi connectivity index (χ1v) is 12.5. The Balaban J connectivity index is 1.43. The maximum Gasteiger partial charge on any atom is 0.232 e. The van der Waals surface area contributed by atoms with Gasteiger partial charge in [-0.25, -0.2) is 13.4 Å². The summed E-state index contributed by atoms with van der Waals surface area (Å²) in [5.74, 6) is 1.51. The molecule has 0 saturated heterocycles. The van der Waals surface area contributed by atoms with Crippen LogP contribution in [0.25, 0.3) is 11.4 Å². The van der Waals surface area contributed by atoms with Crippen LogP contribution in [0.5, 0.6) is 5.75 Å². The van der Waals surface area contributed by atoms with Gasteiger partial charge in [-0.15, -0.1) is 5.10 Å². The van der Waals surface area contributed by atoms with Crippen molar-refractivity contribution in [1.82, 2.24) is 15.2 Å². The highest BCUT2D eigenvalue weighted by molar-refractivity contribution is 7.99. The Morgan fingerprint density at radius 3 is 2.71 bits per heavy atom. The Bertz CT molecular complexity index is 1210. The summed E-state index contributed by atoms with van der Waals surface area (Å²) in [6, 6.07) is 12.7. The number of sulfonamides is 1. The maximum absolute atomic E-state index is 12.7. The molecule has 0 saturated carbocycles. The van der Waals surface area contributed by atoms with E-state index in [1.54, 1.807) is 25.3 Å². The fourth-order valence-electron chi connectivity index (χ4n) is 3.48. The van der Waals surface area contributed by atoms with Crippen molar-refractivity contribution in [1.29, 1.82) is 0 Å². The summed E-state index contributed by atoms with van der Waals surface area (Å²) in [5.41, 5.74) is 2.98. The van der Waals surface area contributed by atoms with E-state index in [0.29, 0.717) is 28.8 Å². The lowest BCUT2D eigenvalue weighted by atomic mass is 9.99. The molecule has 0 fully saturated rings. The number of anilines is 1. The number of fused-ring (bicyclic) bond motifs is 1. The molecule has 10 heteroatoms. The molecule has 0 bridgehead atoms. The number of aryl methyl sites for hydroxylation is 1. The molecule has 1 aromatic heterocycles. The zero-order valence-corrected chi connectivity index (χ0v) is 18.8. The van der Waals surface area contributed by atoms with Crippen LogP contribution in [0.1, 0.15) is 22.3 Å². The number of carbonyl (C=O) groups excluding carboxylic acids is 1. The number of benzene rings is 2. The van der Waals surface area contributed by atoms with Gasteiger partial charge in [-0.3, -0.25) is 14.2 Å². The number of carbonyl (C=O) groups is 1. The van der Waals surface area contributed by atoms with E-state index in [2.05, 4.69) is 15.2 Å². The molecular formula is C21H22N4O4S2. The standard InChI is InChI=1S/C21H22N4O4S2/c1-29-17-8-5-14(6-9-17)20-22-21(24-23-20)30-13-19(26)16-7-10-18-15(12-16)4-3-11-25(18)31(2,27)28/h5-10,12H,3-4,11,13H2,1-2H3,(H,22,23,24). The highest BCUT2D eigenvalue weighted by atomic mass is 32.2. The number of ether oxygens (including phenoxy) is 1. The molecule has 1 aliphatic heterocycles. The second-order valence-electron chi connectivity index (χ2n) is 7.19. The molecule has 31 heavy (non-hydrogen) atoms. The average Bonchev–Trinajstić information content (AvgIpc) is 3.25. The lowest BCUT2D eigenvalue weighted by Gasteiger charge is -2.29. The van der Waals surface area contributed by atoms with Crippen molar-refractivity contribution in [3.63, 3.8) is 0 Å². The van der Waals surface area contributed by atoms with E-state index in [-0.39, 0.29) is 11.5 Å². The quantitative estimate of drug-likeness (QED) is 0.428. The molecule has 0 atom stereocenters. The number of thioether (sulfide) groups is 1.